The largest absolute Gasteiger partial charge is 0.394 e. The Hall–Kier alpha value is -0.230. The molecular weight excluding hydrogens is 179 g/mol. The monoisotopic (exact) mass is 192 g/mol. The molecule has 0 aromatic heterocycles. The van der Waals surface area contributed by atoms with Crippen molar-refractivity contribution in [3.05, 3.63) is 0 Å². The second kappa shape index (κ2) is 2.88. The van der Waals surface area contributed by atoms with E-state index in [4.69, 9.17) is 19.3 Å². The van der Waals surface area contributed by atoms with E-state index in [1.165, 1.54) is 0 Å². The van der Waals surface area contributed by atoms with Gasteiger partial charge in [0.1, 0.15) is 12.2 Å². The van der Waals surface area contributed by atoms with Gasteiger partial charge in [-0.05, 0) is 13.8 Å². The fraction of sp³-hybridized carbons (Fsp3) is 1.00. The zero-order chi connectivity index (χ0) is 9.64. The molecule has 1 N–H and O–H groups in total. The molecule has 2 fully saturated rings. The van der Waals surface area contributed by atoms with Crippen molar-refractivity contribution < 1.29 is 23.7 Å². The van der Waals surface area contributed by atoms with Crippen molar-refractivity contribution in [2.45, 2.75) is 44.3 Å². The van der Waals surface area contributed by atoms with Gasteiger partial charge in [0.05, 0.1) is 6.61 Å². The fourth-order valence-electron chi connectivity index (χ4n) is 1.68. The summed E-state index contributed by atoms with van der Waals surface area (Å²) < 4.78 is 29.1. The molecule has 0 radical (unpaired) electrons. The van der Waals surface area contributed by atoms with Gasteiger partial charge in [-0.3, -0.25) is 0 Å². The third kappa shape index (κ3) is 1.46. The predicted molar refractivity (Wildman–Crippen MR) is 40.7 cm³/mol. The van der Waals surface area contributed by atoms with Gasteiger partial charge in [-0.2, -0.15) is 0 Å². The number of hydrogen-bond acceptors (Lipinski definition) is 4. The summed E-state index contributed by atoms with van der Waals surface area (Å²) in [6, 6.07) is 0. The minimum Gasteiger partial charge on any atom is -0.394 e. The molecule has 0 saturated carbocycles. The van der Waals surface area contributed by atoms with Crippen LogP contribution >= 0.6 is 0 Å². The third-order valence-electron chi connectivity index (χ3n) is 2.25. The van der Waals surface area contributed by atoms with E-state index < -0.39 is 30.5 Å². The first-order chi connectivity index (χ1) is 6.03. The number of fused-ring (bicyclic) bond motifs is 1. The molecule has 0 amide bonds. The summed E-state index contributed by atoms with van der Waals surface area (Å²) in [5.41, 5.74) is 0. The molecule has 5 heteroatoms. The van der Waals surface area contributed by atoms with Gasteiger partial charge >= 0.3 is 0 Å². The number of aliphatic hydroxyl groups excluding tert-OH is 1. The van der Waals surface area contributed by atoms with Crippen molar-refractivity contribution in [3.8, 4) is 0 Å². The van der Waals surface area contributed by atoms with Crippen LogP contribution in [0.2, 0.25) is 0 Å². The third-order valence-corrected chi connectivity index (χ3v) is 2.25. The molecule has 2 aliphatic heterocycles. The summed E-state index contributed by atoms with van der Waals surface area (Å²) in [6.07, 6.45) is -3.50. The van der Waals surface area contributed by atoms with E-state index >= 15 is 0 Å². The van der Waals surface area contributed by atoms with Crippen molar-refractivity contribution in [2.75, 3.05) is 6.61 Å². The number of rotatable bonds is 1. The van der Waals surface area contributed by atoms with Crippen molar-refractivity contribution in [3.63, 3.8) is 0 Å². The highest BCUT2D eigenvalue weighted by molar-refractivity contribution is 4.92. The van der Waals surface area contributed by atoms with Gasteiger partial charge in [0.15, 0.2) is 18.2 Å². The van der Waals surface area contributed by atoms with Crippen LogP contribution in [0, 0.1) is 0 Å². The minimum absolute atomic E-state index is 0.346. The number of ether oxygens (including phenoxy) is 3. The molecule has 13 heavy (non-hydrogen) atoms. The molecule has 2 saturated heterocycles. The van der Waals surface area contributed by atoms with Gasteiger partial charge in [0.25, 0.3) is 0 Å². The summed E-state index contributed by atoms with van der Waals surface area (Å²) in [4.78, 5) is 0. The summed E-state index contributed by atoms with van der Waals surface area (Å²) in [7, 11) is 0. The lowest BCUT2D eigenvalue weighted by molar-refractivity contribution is -0.214. The number of hydrogen-bond donors (Lipinski definition) is 1. The Morgan fingerprint density at radius 1 is 1.38 bits per heavy atom. The van der Waals surface area contributed by atoms with Crippen LogP contribution in [-0.4, -0.2) is 42.2 Å². The van der Waals surface area contributed by atoms with E-state index in [2.05, 4.69) is 0 Å². The molecule has 0 aliphatic carbocycles. The molecule has 76 valence electrons. The fourth-order valence-corrected chi connectivity index (χ4v) is 1.68. The van der Waals surface area contributed by atoms with Gasteiger partial charge < -0.3 is 19.3 Å². The summed E-state index contributed by atoms with van der Waals surface area (Å²) >= 11 is 0. The van der Waals surface area contributed by atoms with Gasteiger partial charge in [-0.25, -0.2) is 4.39 Å². The van der Waals surface area contributed by atoms with Crippen molar-refractivity contribution in [2.24, 2.45) is 0 Å². The number of alkyl halides is 1. The Morgan fingerprint density at radius 2 is 2.08 bits per heavy atom. The highest BCUT2D eigenvalue weighted by Crippen LogP contribution is 2.38. The van der Waals surface area contributed by atoms with E-state index in [-0.39, 0.29) is 6.61 Å². The first kappa shape index (κ1) is 9.33. The maximum Gasteiger partial charge on any atom is 0.190 e. The molecule has 0 aromatic rings. The van der Waals surface area contributed by atoms with Crippen LogP contribution in [-0.2, 0) is 14.2 Å². The maximum absolute atomic E-state index is 13.4. The number of aliphatic hydroxyl groups is 1. The SMILES string of the molecule is CC1(C)O[C@H]2O[C@H](CO)[C@H](F)[C@H]2O1. The average molecular weight is 192 g/mol. The Balaban J connectivity index is 2.07. The average Bonchev–Trinajstić information content (AvgIpc) is 2.47. The lowest BCUT2D eigenvalue weighted by Crippen LogP contribution is -2.33. The van der Waals surface area contributed by atoms with Crippen LogP contribution in [0.3, 0.4) is 0 Å². The molecule has 4 nitrogen and oxygen atoms in total. The smallest absolute Gasteiger partial charge is 0.190 e. The van der Waals surface area contributed by atoms with Gasteiger partial charge in [-0.15, -0.1) is 0 Å². The van der Waals surface area contributed by atoms with Crippen molar-refractivity contribution >= 4 is 0 Å². The molecule has 0 bridgehead atoms. The highest BCUT2D eigenvalue weighted by atomic mass is 19.1. The minimum atomic E-state index is -1.31. The van der Waals surface area contributed by atoms with Crippen molar-refractivity contribution in [1.29, 1.82) is 0 Å². The van der Waals surface area contributed by atoms with Crippen LogP contribution in [0.5, 0.6) is 0 Å². The molecule has 4 atom stereocenters. The van der Waals surface area contributed by atoms with E-state index in [0.29, 0.717) is 0 Å². The Kier molecular flexibility index (Phi) is 2.07. The lowest BCUT2D eigenvalue weighted by Gasteiger charge is -2.20. The first-order valence-electron chi connectivity index (χ1n) is 4.29. The van der Waals surface area contributed by atoms with Crippen LogP contribution < -0.4 is 0 Å². The maximum atomic E-state index is 13.4. The van der Waals surface area contributed by atoms with Crippen LogP contribution in [0.15, 0.2) is 0 Å². The zero-order valence-electron chi connectivity index (χ0n) is 7.57. The topological polar surface area (TPSA) is 47.9 Å². The predicted octanol–water partition coefficient (Wildman–Crippen LogP) is 0.193. The second-order valence-corrected chi connectivity index (χ2v) is 3.77. The summed E-state index contributed by atoms with van der Waals surface area (Å²) in [5, 5.41) is 8.75. The molecule has 2 rings (SSSR count). The van der Waals surface area contributed by atoms with Crippen LogP contribution in [0.4, 0.5) is 4.39 Å². The molecule has 0 aromatic carbocycles. The lowest BCUT2D eigenvalue weighted by atomic mass is 10.2. The normalized spacial score (nSPS) is 48.0. The van der Waals surface area contributed by atoms with Gasteiger partial charge in [0.2, 0.25) is 0 Å². The van der Waals surface area contributed by atoms with Gasteiger partial charge in [0, 0.05) is 0 Å². The number of halogens is 1. The van der Waals surface area contributed by atoms with Crippen LogP contribution in [0.1, 0.15) is 13.8 Å². The van der Waals surface area contributed by atoms with E-state index in [1.54, 1.807) is 13.8 Å². The van der Waals surface area contributed by atoms with Crippen LogP contribution in [0.25, 0.3) is 0 Å². The quantitative estimate of drug-likeness (QED) is 0.644. The van der Waals surface area contributed by atoms with E-state index in [1.807, 2.05) is 0 Å². The zero-order valence-corrected chi connectivity index (χ0v) is 7.57. The molecule has 2 heterocycles. The molecular formula is C8H13FO4. The Labute approximate surface area is 75.6 Å². The molecule has 2 aliphatic rings. The summed E-state index contributed by atoms with van der Waals surface area (Å²) in [6.45, 7) is 3.06. The Morgan fingerprint density at radius 3 is 2.62 bits per heavy atom. The molecule has 0 unspecified atom stereocenters. The second-order valence-electron chi connectivity index (χ2n) is 3.77. The highest BCUT2D eigenvalue weighted by Gasteiger charge is 2.54. The standard InChI is InChI=1S/C8H13FO4/c1-8(2)12-6-5(9)4(3-10)11-7(6)13-8/h4-7,10H,3H2,1-2H3/t4-,5+,6-,7-/m1/s1. The van der Waals surface area contributed by atoms with E-state index in [9.17, 15) is 4.39 Å². The van der Waals surface area contributed by atoms with Gasteiger partial charge in [-0.1, -0.05) is 0 Å². The Bertz CT molecular complexity index is 208. The first-order valence-corrected chi connectivity index (χ1v) is 4.29. The summed E-state index contributed by atoms with van der Waals surface area (Å²) in [5.74, 6) is -0.792. The van der Waals surface area contributed by atoms with Crippen molar-refractivity contribution in [1.82, 2.24) is 0 Å². The van der Waals surface area contributed by atoms with E-state index in [0.717, 1.165) is 0 Å². The molecule has 0 spiro atoms.